The van der Waals surface area contributed by atoms with E-state index >= 15 is 0 Å². The van der Waals surface area contributed by atoms with Crippen molar-refractivity contribution in [3.05, 3.63) is 70.8 Å². The van der Waals surface area contributed by atoms with Crippen LogP contribution in [0.5, 0.6) is 0 Å². The maximum Gasteiger partial charge on any atom is 0.338 e. The molecule has 2 aromatic rings. The van der Waals surface area contributed by atoms with E-state index in [4.69, 9.17) is 4.74 Å². The fourth-order valence-corrected chi connectivity index (χ4v) is 2.43. The summed E-state index contributed by atoms with van der Waals surface area (Å²) in [6, 6.07) is 16.1. The maximum atomic E-state index is 11.8. The van der Waals surface area contributed by atoms with Gasteiger partial charge in [0.2, 0.25) is 0 Å². The summed E-state index contributed by atoms with van der Waals surface area (Å²) in [5.41, 5.74) is 4.10. The molecule has 3 nitrogen and oxygen atoms in total. The summed E-state index contributed by atoms with van der Waals surface area (Å²) in [5, 5.41) is 3.47. The highest BCUT2D eigenvalue weighted by Gasteiger charge is 2.12. The van der Waals surface area contributed by atoms with Crippen molar-refractivity contribution < 1.29 is 9.53 Å². The summed E-state index contributed by atoms with van der Waals surface area (Å²) in [4.78, 5) is 11.8. The molecule has 110 valence electrons. The van der Waals surface area contributed by atoms with Gasteiger partial charge in [-0.25, -0.2) is 4.79 Å². The largest absolute Gasteiger partial charge is 0.465 e. The topological polar surface area (TPSA) is 38.3 Å². The Morgan fingerprint density at radius 1 is 1.14 bits per heavy atom. The van der Waals surface area contributed by atoms with Crippen LogP contribution >= 0.6 is 0 Å². The van der Waals surface area contributed by atoms with Gasteiger partial charge in [0.25, 0.3) is 0 Å². The first-order chi connectivity index (χ1) is 10.1. The molecule has 0 unspecified atom stereocenters. The van der Waals surface area contributed by atoms with Gasteiger partial charge in [-0.1, -0.05) is 42.5 Å². The van der Waals surface area contributed by atoms with Gasteiger partial charge in [0.05, 0.1) is 12.7 Å². The molecule has 1 N–H and O–H groups in total. The highest BCUT2D eigenvalue weighted by molar-refractivity contribution is 5.90. The molecule has 0 spiro atoms. The molecule has 3 heteroatoms. The predicted molar refractivity (Wildman–Crippen MR) is 84.2 cm³/mol. The van der Waals surface area contributed by atoms with E-state index in [2.05, 4.69) is 31.3 Å². The van der Waals surface area contributed by atoms with Gasteiger partial charge in [0, 0.05) is 12.6 Å². The van der Waals surface area contributed by atoms with Crippen LogP contribution in [0.4, 0.5) is 0 Å². The molecule has 0 radical (unpaired) electrons. The van der Waals surface area contributed by atoms with E-state index in [1.165, 1.54) is 18.2 Å². The Labute approximate surface area is 126 Å². The van der Waals surface area contributed by atoms with E-state index in [-0.39, 0.29) is 12.0 Å². The molecule has 0 aliphatic carbocycles. The SMILES string of the molecule is COC(=O)c1ccccc1CN[C@@H](C)c1ccccc1C. The lowest BCUT2D eigenvalue weighted by molar-refractivity contribution is 0.0599. The maximum absolute atomic E-state index is 11.8. The van der Waals surface area contributed by atoms with E-state index < -0.39 is 0 Å². The van der Waals surface area contributed by atoms with Crippen molar-refractivity contribution in [2.75, 3.05) is 7.11 Å². The molecular weight excluding hydrogens is 262 g/mol. The number of aryl methyl sites for hydroxylation is 1. The second kappa shape index (κ2) is 7.04. The van der Waals surface area contributed by atoms with Crippen LogP contribution in [-0.2, 0) is 11.3 Å². The van der Waals surface area contributed by atoms with Gasteiger partial charge in [0.15, 0.2) is 0 Å². The van der Waals surface area contributed by atoms with Crippen molar-refractivity contribution in [3.8, 4) is 0 Å². The van der Waals surface area contributed by atoms with Gasteiger partial charge in [-0.3, -0.25) is 0 Å². The zero-order valence-electron chi connectivity index (χ0n) is 12.7. The zero-order valence-corrected chi connectivity index (χ0v) is 12.7. The van der Waals surface area contributed by atoms with Crippen LogP contribution in [0.25, 0.3) is 0 Å². The minimum absolute atomic E-state index is 0.219. The number of carbonyl (C=O) groups excluding carboxylic acids is 1. The number of methoxy groups -OCH3 is 1. The predicted octanol–water partition coefficient (Wildman–Crippen LogP) is 3.63. The Hall–Kier alpha value is -2.13. The van der Waals surface area contributed by atoms with Gasteiger partial charge in [0.1, 0.15) is 0 Å². The number of benzene rings is 2. The fraction of sp³-hybridized carbons (Fsp3) is 0.278. The van der Waals surface area contributed by atoms with Crippen LogP contribution in [-0.4, -0.2) is 13.1 Å². The standard InChI is InChI=1S/C18H21NO2/c1-13-8-4-6-10-16(13)14(2)19-12-15-9-5-7-11-17(15)18(20)21-3/h4-11,14,19H,12H2,1-3H3/t14-/m0/s1. The second-order valence-corrected chi connectivity index (χ2v) is 5.11. The summed E-state index contributed by atoms with van der Waals surface area (Å²) in [6.45, 7) is 4.86. The van der Waals surface area contributed by atoms with E-state index in [0.717, 1.165) is 5.56 Å². The summed E-state index contributed by atoms with van der Waals surface area (Å²) < 4.78 is 4.82. The molecule has 1 atom stereocenters. The molecule has 0 amide bonds. The Morgan fingerprint density at radius 3 is 2.52 bits per heavy atom. The van der Waals surface area contributed by atoms with Crippen LogP contribution in [0.2, 0.25) is 0 Å². The number of carbonyl (C=O) groups is 1. The lowest BCUT2D eigenvalue weighted by Crippen LogP contribution is -2.20. The zero-order chi connectivity index (χ0) is 15.2. The molecule has 0 bridgehead atoms. The highest BCUT2D eigenvalue weighted by Crippen LogP contribution is 2.18. The van der Waals surface area contributed by atoms with Gasteiger partial charge in [-0.05, 0) is 36.6 Å². The molecule has 0 fully saturated rings. The average molecular weight is 283 g/mol. The molecule has 0 saturated carbocycles. The molecular formula is C18H21NO2. The molecule has 2 rings (SSSR count). The first-order valence-electron chi connectivity index (χ1n) is 7.08. The second-order valence-electron chi connectivity index (χ2n) is 5.11. The molecule has 21 heavy (non-hydrogen) atoms. The van der Waals surface area contributed by atoms with Crippen molar-refractivity contribution >= 4 is 5.97 Å². The lowest BCUT2D eigenvalue weighted by atomic mass is 10.0. The summed E-state index contributed by atoms with van der Waals surface area (Å²) in [7, 11) is 1.41. The van der Waals surface area contributed by atoms with Crippen molar-refractivity contribution in [1.82, 2.24) is 5.32 Å². The lowest BCUT2D eigenvalue weighted by Gasteiger charge is -2.17. The fourth-order valence-electron chi connectivity index (χ4n) is 2.43. The van der Waals surface area contributed by atoms with Gasteiger partial charge >= 0.3 is 5.97 Å². The normalized spacial score (nSPS) is 12.0. The van der Waals surface area contributed by atoms with Gasteiger partial charge < -0.3 is 10.1 Å². The number of hydrogen-bond acceptors (Lipinski definition) is 3. The average Bonchev–Trinajstić information content (AvgIpc) is 2.52. The van der Waals surface area contributed by atoms with Crippen LogP contribution in [0.3, 0.4) is 0 Å². The van der Waals surface area contributed by atoms with Crippen molar-refractivity contribution in [2.24, 2.45) is 0 Å². The number of hydrogen-bond donors (Lipinski definition) is 1. The minimum atomic E-state index is -0.295. The van der Waals surface area contributed by atoms with Crippen molar-refractivity contribution in [3.63, 3.8) is 0 Å². The molecule has 0 aromatic heterocycles. The third-order valence-electron chi connectivity index (χ3n) is 3.68. The monoisotopic (exact) mass is 283 g/mol. The Morgan fingerprint density at radius 2 is 1.81 bits per heavy atom. The van der Waals surface area contributed by atoms with Crippen LogP contribution in [0, 0.1) is 6.92 Å². The Kier molecular flexibility index (Phi) is 5.12. The summed E-state index contributed by atoms with van der Waals surface area (Å²) >= 11 is 0. The van der Waals surface area contributed by atoms with Crippen LogP contribution in [0.15, 0.2) is 48.5 Å². The van der Waals surface area contributed by atoms with E-state index in [1.807, 2.05) is 30.3 Å². The van der Waals surface area contributed by atoms with Crippen molar-refractivity contribution in [2.45, 2.75) is 26.4 Å². The van der Waals surface area contributed by atoms with Crippen molar-refractivity contribution in [1.29, 1.82) is 0 Å². The number of esters is 1. The molecule has 0 saturated heterocycles. The Balaban J connectivity index is 2.10. The number of ether oxygens (including phenoxy) is 1. The molecule has 0 aliphatic heterocycles. The van der Waals surface area contributed by atoms with Crippen LogP contribution < -0.4 is 5.32 Å². The van der Waals surface area contributed by atoms with E-state index in [9.17, 15) is 4.79 Å². The molecule has 0 aliphatic rings. The molecule has 0 heterocycles. The third kappa shape index (κ3) is 3.70. The first kappa shape index (κ1) is 15.3. The Bertz CT molecular complexity index is 622. The highest BCUT2D eigenvalue weighted by atomic mass is 16.5. The van der Waals surface area contributed by atoms with E-state index in [1.54, 1.807) is 6.07 Å². The third-order valence-corrected chi connectivity index (χ3v) is 3.68. The number of nitrogens with one attached hydrogen (secondary N) is 1. The van der Waals surface area contributed by atoms with Gasteiger partial charge in [-0.15, -0.1) is 0 Å². The minimum Gasteiger partial charge on any atom is -0.465 e. The first-order valence-corrected chi connectivity index (χ1v) is 7.08. The summed E-state index contributed by atoms with van der Waals surface area (Å²) in [6.07, 6.45) is 0. The van der Waals surface area contributed by atoms with Crippen LogP contribution in [0.1, 0.15) is 40.0 Å². The number of rotatable bonds is 5. The summed E-state index contributed by atoms with van der Waals surface area (Å²) in [5.74, 6) is -0.295. The van der Waals surface area contributed by atoms with Gasteiger partial charge in [-0.2, -0.15) is 0 Å². The van der Waals surface area contributed by atoms with E-state index in [0.29, 0.717) is 12.1 Å². The molecule has 2 aromatic carbocycles. The quantitative estimate of drug-likeness (QED) is 0.852. The smallest absolute Gasteiger partial charge is 0.338 e.